The number of methoxy groups -OCH3 is 1. The van der Waals surface area contributed by atoms with Gasteiger partial charge in [0.05, 0.1) is 19.1 Å². The third-order valence-electron chi connectivity index (χ3n) is 7.57. The van der Waals surface area contributed by atoms with Crippen molar-refractivity contribution in [2.75, 3.05) is 31.7 Å². The van der Waals surface area contributed by atoms with E-state index >= 15 is 0 Å². The predicted molar refractivity (Wildman–Crippen MR) is 148 cm³/mol. The summed E-state index contributed by atoms with van der Waals surface area (Å²) in [5.74, 6) is 2.00. The maximum absolute atomic E-state index is 13.5. The number of thioether (sulfide) groups is 2. The van der Waals surface area contributed by atoms with Crippen LogP contribution in [0.2, 0.25) is 18.1 Å². The van der Waals surface area contributed by atoms with Gasteiger partial charge in [-0.15, -0.1) is 0 Å². The minimum Gasteiger partial charge on any atom is -0.497 e. The standard InChI is InChI=1S/C26H38N2O5S2Si/c1-17(33-36(6,7)26(2,3)4)20-22(29)28-21(24(35-23(20)28)27-12-14-34-15-13-27)25(30)32-16-18-8-10-19(31-5)11-9-18/h8-11,17,20,23H,12-16H2,1-7H3/t17-,20-,23+/m0/s1. The summed E-state index contributed by atoms with van der Waals surface area (Å²) in [6.07, 6.45) is -0.208. The van der Waals surface area contributed by atoms with Crippen LogP contribution in [0.5, 0.6) is 5.75 Å². The predicted octanol–water partition coefficient (Wildman–Crippen LogP) is 4.90. The average molecular weight is 551 g/mol. The molecule has 36 heavy (non-hydrogen) atoms. The van der Waals surface area contributed by atoms with Crippen LogP contribution in [0.1, 0.15) is 33.3 Å². The van der Waals surface area contributed by atoms with E-state index in [1.807, 2.05) is 43.0 Å². The molecule has 4 rings (SSSR count). The summed E-state index contributed by atoms with van der Waals surface area (Å²) < 4.78 is 17.5. The molecule has 7 nitrogen and oxygen atoms in total. The third kappa shape index (κ3) is 5.32. The van der Waals surface area contributed by atoms with Gasteiger partial charge >= 0.3 is 5.97 Å². The van der Waals surface area contributed by atoms with Gasteiger partial charge < -0.3 is 18.8 Å². The minimum absolute atomic E-state index is 0.0449. The number of nitrogens with zero attached hydrogens (tertiary/aromatic N) is 2. The highest BCUT2D eigenvalue weighted by atomic mass is 32.2. The SMILES string of the molecule is COc1ccc(COC(=O)C2=C(N3CCSCC3)S[C@@H]3[C@@H]([C@H](C)O[Si](C)(C)C(C)(C)C)C(=O)N23)cc1. The van der Waals surface area contributed by atoms with E-state index in [4.69, 9.17) is 13.9 Å². The molecule has 1 aromatic carbocycles. The number of fused-ring (bicyclic) bond motifs is 1. The lowest BCUT2D eigenvalue weighted by molar-refractivity contribution is -0.158. The van der Waals surface area contributed by atoms with Gasteiger partial charge in [-0.05, 0) is 42.8 Å². The number of ether oxygens (including phenoxy) is 2. The summed E-state index contributed by atoms with van der Waals surface area (Å²) >= 11 is 3.54. The molecule has 0 saturated carbocycles. The molecular formula is C26H38N2O5S2Si. The number of β-lactam (4-membered cyclic amide) rings is 1. The van der Waals surface area contributed by atoms with Crippen LogP contribution in [0.25, 0.3) is 0 Å². The molecule has 1 aromatic rings. The van der Waals surface area contributed by atoms with Gasteiger partial charge in [-0.1, -0.05) is 44.7 Å². The van der Waals surface area contributed by atoms with Crippen LogP contribution >= 0.6 is 23.5 Å². The number of rotatable bonds is 8. The summed E-state index contributed by atoms with van der Waals surface area (Å²) in [5.41, 5.74) is 1.26. The first kappa shape index (κ1) is 27.4. The summed E-state index contributed by atoms with van der Waals surface area (Å²) in [5, 5.41) is 0.794. The molecule has 0 N–H and O–H groups in total. The zero-order valence-electron chi connectivity index (χ0n) is 22.3. The van der Waals surface area contributed by atoms with Crippen molar-refractivity contribution in [3.63, 3.8) is 0 Å². The van der Waals surface area contributed by atoms with Crippen LogP contribution in [0, 0.1) is 5.92 Å². The molecule has 1 amide bonds. The Hall–Kier alpha value is -1.62. The van der Waals surface area contributed by atoms with Gasteiger partial charge in [-0.3, -0.25) is 9.69 Å². The number of hydrogen-bond donors (Lipinski definition) is 0. The van der Waals surface area contributed by atoms with E-state index in [0.717, 1.165) is 40.9 Å². The fourth-order valence-corrected chi connectivity index (χ4v) is 8.37. The van der Waals surface area contributed by atoms with Gasteiger partial charge in [0.2, 0.25) is 5.91 Å². The molecule has 2 saturated heterocycles. The molecule has 0 aromatic heterocycles. The highest BCUT2D eigenvalue weighted by molar-refractivity contribution is 8.04. The lowest BCUT2D eigenvalue weighted by Crippen LogP contribution is -2.62. The van der Waals surface area contributed by atoms with Crippen molar-refractivity contribution in [2.45, 2.75) is 63.9 Å². The first-order valence-electron chi connectivity index (χ1n) is 12.5. The van der Waals surface area contributed by atoms with E-state index in [1.54, 1.807) is 23.8 Å². The van der Waals surface area contributed by atoms with E-state index < -0.39 is 14.3 Å². The van der Waals surface area contributed by atoms with Crippen molar-refractivity contribution in [3.8, 4) is 5.75 Å². The third-order valence-corrected chi connectivity index (χ3v) is 14.5. The molecule has 3 atom stereocenters. The van der Waals surface area contributed by atoms with E-state index in [1.165, 1.54) is 0 Å². The van der Waals surface area contributed by atoms with Crippen molar-refractivity contribution in [1.29, 1.82) is 0 Å². The van der Waals surface area contributed by atoms with Crippen molar-refractivity contribution < 1.29 is 23.5 Å². The molecule has 198 valence electrons. The Bertz CT molecular complexity index is 1020. The second kappa shape index (κ2) is 10.6. The number of hydrogen-bond acceptors (Lipinski definition) is 8. The van der Waals surface area contributed by atoms with Crippen molar-refractivity contribution in [2.24, 2.45) is 5.92 Å². The maximum atomic E-state index is 13.5. The van der Waals surface area contributed by atoms with Crippen LogP contribution < -0.4 is 4.74 Å². The van der Waals surface area contributed by atoms with Crippen molar-refractivity contribution >= 4 is 43.7 Å². The molecule has 10 heteroatoms. The Morgan fingerprint density at radius 2 is 1.81 bits per heavy atom. The van der Waals surface area contributed by atoms with E-state index in [0.29, 0.717) is 5.70 Å². The summed E-state index contributed by atoms with van der Waals surface area (Å²) in [6.45, 7) is 14.9. The van der Waals surface area contributed by atoms with Gasteiger partial charge in [0, 0.05) is 24.6 Å². The van der Waals surface area contributed by atoms with E-state index in [-0.39, 0.29) is 34.9 Å². The monoisotopic (exact) mass is 550 g/mol. The van der Waals surface area contributed by atoms with Gasteiger partial charge in [-0.2, -0.15) is 11.8 Å². The molecule has 0 spiro atoms. The summed E-state index contributed by atoms with van der Waals surface area (Å²) in [4.78, 5) is 30.8. The molecule has 2 fully saturated rings. The summed E-state index contributed by atoms with van der Waals surface area (Å²) in [7, 11) is -0.422. The molecule has 0 radical (unpaired) electrons. The second-order valence-electron chi connectivity index (χ2n) is 11.0. The highest BCUT2D eigenvalue weighted by Crippen LogP contribution is 2.53. The van der Waals surface area contributed by atoms with Gasteiger partial charge in [0.15, 0.2) is 14.0 Å². The zero-order chi connectivity index (χ0) is 26.3. The minimum atomic E-state index is -2.04. The van der Waals surface area contributed by atoms with E-state index in [2.05, 4.69) is 38.8 Å². The zero-order valence-corrected chi connectivity index (χ0v) is 25.0. The number of carbonyl (C=O) groups excluding carboxylic acids is 2. The molecular weight excluding hydrogens is 513 g/mol. The molecule has 3 heterocycles. The number of esters is 1. The fourth-order valence-electron chi connectivity index (χ4n) is 4.39. The largest absolute Gasteiger partial charge is 0.497 e. The lowest BCUT2D eigenvalue weighted by Gasteiger charge is -2.48. The molecule has 0 aliphatic carbocycles. The van der Waals surface area contributed by atoms with Gasteiger partial charge in [0.25, 0.3) is 0 Å². The highest BCUT2D eigenvalue weighted by Gasteiger charge is 2.60. The van der Waals surface area contributed by atoms with Crippen LogP contribution in [0.15, 0.2) is 35.0 Å². The van der Waals surface area contributed by atoms with E-state index in [9.17, 15) is 9.59 Å². The molecule has 0 unspecified atom stereocenters. The maximum Gasteiger partial charge on any atom is 0.358 e. The van der Waals surface area contributed by atoms with Gasteiger partial charge in [-0.25, -0.2) is 4.79 Å². The first-order valence-corrected chi connectivity index (χ1v) is 17.4. The van der Waals surface area contributed by atoms with Crippen LogP contribution in [-0.4, -0.2) is 73.2 Å². The first-order chi connectivity index (χ1) is 16.9. The normalized spacial score (nSPS) is 23.4. The summed E-state index contributed by atoms with van der Waals surface area (Å²) in [6, 6.07) is 7.43. The van der Waals surface area contributed by atoms with Crippen molar-refractivity contribution in [1.82, 2.24) is 9.80 Å². The van der Waals surface area contributed by atoms with Crippen molar-refractivity contribution in [3.05, 3.63) is 40.6 Å². The fraction of sp³-hybridized carbons (Fsp3) is 0.615. The Morgan fingerprint density at radius 1 is 1.17 bits per heavy atom. The number of carbonyl (C=O) groups is 2. The second-order valence-corrected chi connectivity index (χ2v) is 18.1. The number of amides is 1. The molecule has 3 aliphatic heterocycles. The Morgan fingerprint density at radius 3 is 2.39 bits per heavy atom. The van der Waals surface area contributed by atoms with Crippen LogP contribution in [0.4, 0.5) is 0 Å². The average Bonchev–Trinajstić information content (AvgIpc) is 3.17. The van der Waals surface area contributed by atoms with Crippen LogP contribution in [-0.2, 0) is 25.4 Å². The topological polar surface area (TPSA) is 68.3 Å². The Kier molecular flexibility index (Phi) is 8.09. The molecule has 0 bridgehead atoms. The Balaban J connectivity index is 1.52. The quantitative estimate of drug-likeness (QED) is 0.257. The van der Waals surface area contributed by atoms with Crippen LogP contribution in [0.3, 0.4) is 0 Å². The van der Waals surface area contributed by atoms with Gasteiger partial charge in [0.1, 0.15) is 22.8 Å². The number of benzene rings is 1. The molecule has 3 aliphatic rings. The smallest absolute Gasteiger partial charge is 0.358 e. The Labute approximate surface area is 224 Å². The lowest BCUT2D eigenvalue weighted by atomic mass is 9.92.